The lowest BCUT2D eigenvalue weighted by atomic mass is 9.86. The molecule has 9 nitrogen and oxygen atoms in total. The van der Waals surface area contributed by atoms with E-state index in [-0.39, 0.29) is 17.9 Å². The summed E-state index contributed by atoms with van der Waals surface area (Å²) in [5, 5.41) is 18.6. The summed E-state index contributed by atoms with van der Waals surface area (Å²) in [7, 11) is 0. The Balaban J connectivity index is 2.31. The number of ether oxygens (including phenoxy) is 1. The van der Waals surface area contributed by atoms with Crippen LogP contribution in [-0.2, 0) is 16.1 Å². The Morgan fingerprint density at radius 1 is 1.33 bits per heavy atom. The van der Waals surface area contributed by atoms with Gasteiger partial charge < -0.3 is 26.2 Å². The maximum Gasteiger partial charge on any atom is 0.273 e. The number of amides is 2. The summed E-state index contributed by atoms with van der Waals surface area (Å²) in [4.78, 5) is 25.6. The first-order chi connectivity index (χ1) is 14.2. The second kappa shape index (κ2) is 10.5. The summed E-state index contributed by atoms with van der Waals surface area (Å²) in [5.41, 5.74) is 5.20. The fourth-order valence-corrected chi connectivity index (χ4v) is 3.07. The highest BCUT2D eigenvalue weighted by Crippen LogP contribution is 2.24. The highest BCUT2D eigenvalue weighted by Gasteiger charge is 2.34. The Morgan fingerprint density at radius 3 is 2.70 bits per heavy atom. The highest BCUT2D eigenvalue weighted by molar-refractivity contribution is 6.06. The van der Waals surface area contributed by atoms with Crippen LogP contribution < -0.4 is 16.4 Å². The molecule has 0 aliphatic carbocycles. The van der Waals surface area contributed by atoms with E-state index in [4.69, 9.17) is 15.6 Å². The van der Waals surface area contributed by atoms with Gasteiger partial charge in [0.1, 0.15) is 30.9 Å². The number of halogens is 1. The number of fused-ring (bicyclic) bond motifs is 1. The van der Waals surface area contributed by atoms with Crippen molar-refractivity contribution in [3.8, 4) is 0 Å². The number of hydrogen-bond donors (Lipinski definition) is 4. The number of aryl methyl sites for hydroxylation is 1. The molecule has 166 valence electrons. The average Bonchev–Trinajstić information content (AvgIpc) is 3.05. The van der Waals surface area contributed by atoms with Gasteiger partial charge in [0, 0.05) is 11.9 Å². The molecule has 0 saturated heterocycles. The first-order valence-corrected chi connectivity index (χ1v) is 9.83. The molecule has 30 heavy (non-hydrogen) atoms. The Morgan fingerprint density at radius 2 is 2.07 bits per heavy atom. The first kappa shape index (κ1) is 23.7. The summed E-state index contributed by atoms with van der Waals surface area (Å²) < 4.78 is 20.7. The summed E-state index contributed by atoms with van der Waals surface area (Å²) in [6.45, 7) is 5.60. The third kappa shape index (κ3) is 5.74. The number of nitrogens with zero attached hydrogens (tertiary/aromatic N) is 2. The monoisotopic (exact) mass is 423 g/mol. The third-order valence-electron chi connectivity index (χ3n) is 4.60. The number of carbonyl (C=O) groups is 2. The number of aliphatic hydroxyl groups is 1. The van der Waals surface area contributed by atoms with E-state index in [1.165, 1.54) is 16.8 Å². The van der Waals surface area contributed by atoms with Crippen LogP contribution in [0.25, 0.3) is 10.9 Å². The number of unbranched alkanes of at least 4 members (excludes halogenated alkanes) is 1. The zero-order valence-electron chi connectivity index (χ0n) is 17.6. The zero-order valence-corrected chi connectivity index (χ0v) is 17.6. The number of benzene rings is 1. The molecule has 2 rings (SSSR count). The van der Waals surface area contributed by atoms with Crippen LogP contribution in [0.3, 0.4) is 0 Å². The molecule has 1 aromatic carbocycles. The number of aliphatic hydroxyl groups excluding tert-OH is 1. The Kier molecular flexibility index (Phi) is 8.27. The van der Waals surface area contributed by atoms with E-state index in [1.807, 2.05) is 0 Å². The van der Waals surface area contributed by atoms with E-state index >= 15 is 0 Å². The molecule has 2 amide bonds. The molecule has 0 radical (unpaired) electrons. The van der Waals surface area contributed by atoms with Crippen molar-refractivity contribution in [2.45, 2.75) is 46.2 Å². The number of hydrogen-bond acceptors (Lipinski definition) is 6. The van der Waals surface area contributed by atoms with Crippen LogP contribution in [0.5, 0.6) is 0 Å². The minimum Gasteiger partial charge on any atom is -0.371 e. The van der Waals surface area contributed by atoms with Gasteiger partial charge in [0.25, 0.3) is 5.91 Å². The SMILES string of the molecule is CC(C)(C)C(NC(=O)c1nn(CCCCN)c2c(F)cccc12)C(=O)NCOCO. The molecule has 0 fully saturated rings. The molecule has 5 N–H and O–H groups in total. The molecule has 10 heteroatoms. The van der Waals surface area contributed by atoms with Crippen LogP contribution in [0.15, 0.2) is 18.2 Å². The maximum absolute atomic E-state index is 14.5. The second-order valence-corrected chi connectivity index (χ2v) is 7.99. The van der Waals surface area contributed by atoms with E-state index in [1.54, 1.807) is 26.8 Å². The summed E-state index contributed by atoms with van der Waals surface area (Å²) in [6, 6.07) is 3.55. The van der Waals surface area contributed by atoms with Gasteiger partial charge in [-0.3, -0.25) is 14.3 Å². The number of nitrogens with one attached hydrogen (secondary N) is 2. The van der Waals surface area contributed by atoms with Gasteiger partial charge in [-0.2, -0.15) is 5.10 Å². The molecule has 0 aliphatic heterocycles. The molecule has 0 saturated carbocycles. The quantitative estimate of drug-likeness (QED) is 0.334. The van der Waals surface area contributed by atoms with Crippen LogP contribution >= 0.6 is 0 Å². The van der Waals surface area contributed by atoms with Crippen molar-refractivity contribution in [2.75, 3.05) is 20.1 Å². The summed E-state index contributed by atoms with van der Waals surface area (Å²) in [6.07, 6.45) is 1.44. The van der Waals surface area contributed by atoms with Gasteiger partial charge in [-0.15, -0.1) is 0 Å². The van der Waals surface area contributed by atoms with Crippen molar-refractivity contribution < 1.29 is 23.8 Å². The number of aromatic nitrogens is 2. The molecule has 1 atom stereocenters. The van der Waals surface area contributed by atoms with Crippen LogP contribution in [0.4, 0.5) is 4.39 Å². The van der Waals surface area contributed by atoms with E-state index in [0.29, 0.717) is 24.9 Å². The van der Waals surface area contributed by atoms with Gasteiger partial charge >= 0.3 is 0 Å². The number of para-hydroxylation sites is 1. The van der Waals surface area contributed by atoms with Gasteiger partial charge in [0.05, 0.1) is 0 Å². The van der Waals surface area contributed by atoms with Crippen molar-refractivity contribution >= 4 is 22.7 Å². The summed E-state index contributed by atoms with van der Waals surface area (Å²) in [5.74, 6) is -1.53. The molecule has 0 aliphatic rings. The van der Waals surface area contributed by atoms with Crippen molar-refractivity contribution in [3.05, 3.63) is 29.7 Å². The predicted molar refractivity (Wildman–Crippen MR) is 110 cm³/mol. The lowest BCUT2D eigenvalue weighted by molar-refractivity contribution is -0.128. The van der Waals surface area contributed by atoms with Crippen LogP contribution in [0.1, 0.15) is 44.1 Å². The molecule has 1 heterocycles. The first-order valence-electron chi connectivity index (χ1n) is 9.83. The van der Waals surface area contributed by atoms with Gasteiger partial charge in [0.15, 0.2) is 5.69 Å². The van der Waals surface area contributed by atoms with Crippen LogP contribution in [-0.4, -0.2) is 52.8 Å². The smallest absolute Gasteiger partial charge is 0.273 e. The molecule has 1 unspecified atom stereocenters. The molecular weight excluding hydrogens is 393 g/mol. The lowest BCUT2D eigenvalue weighted by Crippen LogP contribution is -2.54. The van der Waals surface area contributed by atoms with Gasteiger partial charge in [-0.05, 0) is 30.9 Å². The molecule has 2 aromatic rings. The minimum atomic E-state index is -0.904. The third-order valence-corrected chi connectivity index (χ3v) is 4.60. The largest absolute Gasteiger partial charge is 0.371 e. The topological polar surface area (TPSA) is 132 Å². The normalized spacial score (nSPS) is 12.7. The molecule has 0 bridgehead atoms. The van der Waals surface area contributed by atoms with Crippen LogP contribution in [0.2, 0.25) is 0 Å². The Labute approximate surface area is 174 Å². The Hall–Kier alpha value is -2.56. The van der Waals surface area contributed by atoms with Crippen molar-refractivity contribution in [2.24, 2.45) is 11.1 Å². The molecule has 0 spiro atoms. The van der Waals surface area contributed by atoms with Gasteiger partial charge in [-0.1, -0.05) is 32.9 Å². The van der Waals surface area contributed by atoms with E-state index < -0.39 is 35.9 Å². The van der Waals surface area contributed by atoms with Crippen molar-refractivity contribution in [1.29, 1.82) is 0 Å². The van der Waals surface area contributed by atoms with E-state index in [0.717, 1.165) is 6.42 Å². The number of carbonyl (C=O) groups excluding carboxylic acids is 2. The minimum absolute atomic E-state index is 0.0471. The van der Waals surface area contributed by atoms with E-state index in [9.17, 15) is 14.0 Å². The van der Waals surface area contributed by atoms with Crippen LogP contribution in [0, 0.1) is 11.2 Å². The molecule has 1 aromatic heterocycles. The fourth-order valence-electron chi connectivity index (χ4n) is 3.07. The fraction of sp³-hybridized carbons (Fsp3) is 0.550. The number of nitrogens with two attached hydrogens (primary N) is 1. The van der Waals surface area contributed by atoms with Gasteiger partial charge in [-0.25, -0.2) is 4.39 Å². The second-order valence-electron chi connectivity index (χ2n) is 7.99. The maximum atomic E-state index is 14.5. The predicted octanol–water partition coefficient (Wildman–Crippen LogP) is 1.10. The summed E-state index contributed by atoms with van der Waals surface area (Å²) >= 11 is 0. The zero-order chi connectivity index (χ0) is 22.3. The van der Waals surface area contributed by atoms with Crippen molar-refractivity contribution in [3.63, 3.8) is 0 Å². The van der Waals surface area contributed by atoms with Crippen molar-refractivity contribution in [1.82, 2.24) is 20.4 Å². The lowest BCUT2D eigenvalue weighted by Gasteiger charge is -2.30. The highest BCUT2D eigenvalue weighted by atomic mass is 19.1. The van der Waals surface area contributed by atoms with E-state index in [2.05, 4.69) is 15.7 Å². The average molecular weight is 423 g/mol. The Bertz CT molecular complexity index is 878. The number of rotatable bonds is 10. The standard InChI is InChI=1S/C20H30FN5O4/c1-20(2,3)17(19(29)23-11-30-12-27)24-18(28)15-13-7-6-8-14(21)16(13)26(25-15)10-5-4-9-22/h6-8,17,27H,4-5,9-12,22H2,1-3H3,(H,23,29)(H,24,28). The van der Waals surface area contributed by atoms with Gasteiger partial charge in [0.2, 0.25) is 5.91 Å². The molecular formula is C20H30FN5O4.